The first-order chi connectivity index (χ1) is 28.7. The number of carbonyl (C=O) groups is 6. The lowest BCUT2D eigenvalue weighted by Crippen LogP contribution is -2.54. The summed E-state index contributed by atoms with van der Waals surface area (Å²) < 4.78 is 63.4. The first-order valence-corrected chi connectivity index (χ1v) is 20.5. The molecule has 3 rings (SSSR count). The lowest BCUT2D eigenvalue weighted by atomic mass is 9.83. The van der Waals surface area contributed by atoms with E-state index in [0.29, 0.717) is 17.8 Å². The van der Waals surface area contributed by atoms with Crippen LogP contribution in [-0.4, -0.2) is 109 Å². The summed E-state index contributed by atoms with van der Waals surface area (Å²) in [5, 5.41) is 19.1. The molecule has 20 heteroatoms. The standard InChI is InChI=1S/C40H54F2N6O6S.C2HF3O2/c1-24(2)35(43)38(52)47(25(3)37(44)51)16-11-17-48(34(50)23-55-22-32(39(53)54)45-26(4)49)36(40(5,6)7)33-18-28(30-19-29(41)14-15-31(30)42)21-46(33)20-27-12-9-8-10-13-27;3-2(4,5)1(6)7/h8-10,12-15,18-19,21,24-25,32,35-36H,11,16-17,20,22-23,43H2,1-7H3,(H2,44,51)(H,45,49)(H,53,54);(H,6,7)/t25-,32-,35-,36-;/m0./s1. The minimum absolute atomic E-state index is 0.0333. The Balaban J connectivity index is 0.00000173. The number of carboxylic acids is 2. The van der Waals surface area contributed by atoms with E-state index in [-0.39, 0.29) is 48.4 Å². The summed E-state index contributed by atoms with van der Waals surface area (Å²) in [4.78, 5) is 75.6. The molecule has 4 atom stereocenters. The predicted octanol–water partition coefficient (Wildman–Crippen LogP) is 5.43. The monoisotopic (exact) mass is 898 g/mol. The van der Waals surface area contributed by atoms with Gasteiger partial charge in [0.25, 0.3) is 0 Å². The van der Waals surface area contributed by atoms with E-state index in [1.807, 2.05) is 55.7 Å². The number of nitrogens with two attached hydrogens (primary N) is 2. The van der Waals surface area contributed by atoms with E-state index in [1.54, 1.807) is 31.0 Å². The Hall–Kier alpha value is -5.50. The van der Waals surface area contributed by atoms with Crippen molar-refractivity contribution in [2.75, 3.05) is 24.6 Å². The van der Waals surface area contributed by atoms with Crippen LogP contribution in [0.25, 0.3) is 11.1 Å². The molecule has 0 unspecified atom stereocenters. The van der Waals surface area contributed by atoms with Crippen LogP contribution in [0.15, 0.2) is 60.8 Å². The molecule has 14 nitrogen and oxygen atoms in total. The van der Waals surface area contributed by atoms with Crippen molar-refractivity contribution in [2.24, 2.45) is 22.8 Å². The third-order valence-corrected chi connectivity index (χ3v) is 10.5. The number of thioether (sulfide) groups is 1. The molecule has 0 fully saturated rings. The minimum Gasteiger partial charge on any atom is -0.480 e. The van der Waals surface area contributed by atoms with Crippen LogP contribution in [0.2, 0.25) is 0 Å². The van der Waals surface area contributed by atoms with E-state index in [1.165, 1.54) is 18.7 Å². The maximum atomic E-state index is 15.2. The molecule has 0 saturated heterocycles. The van der Waals surface area contributed by atoms with E-state index < -0.39 is 77.1 Å². The van der Waals surface area contributed by atoms with Crippen molar-refractivity contribution in [3.63, 3.8) is 0 Å². The molecular weight excluding hydrogens is 844 g/mol. The normalized spacial score (nSPS) is 13.5. The quantitative estimate of drug-likeness (QED) is 0.0962. The number of aromatic nitrogens is 1. The number of nitrogens with zero attached hydrogens (tertiary/aromatic N) is 3. The van der Waals surface area contributed by atoms with Crippen molar-refractivity contribution in [1.82, 2.24) is 19.7 Å². The van der Waals surface area contributed by atoms with Gasteiger partial charge in [-0.05, 0) is 54.5 Å². The van der Waals surface area contributed by atoms with Crippen molar-refractivity contribution in [3.05, 3.63) is 83.7 Å². The zero-order valence-electron chi connectivity index (χ0n) is 35.5. The number of nitrogens with one attached hydrogen (secondary N) is 1. The second-order valence-corrected chi connectivity index (χ2v) is 16.9. The number of alkyl halides is 3. The molecule has 2 aromatic carbocycles. The van der Waals surface area contributed by atoms with Crippen LogP contribution in [0.5, 0.6) is 0 Å². The van der Waals surface area contributed by atoms with Gasteiger partial charge in [0.1, 0.15) is 23.7 Å². The maximum absolute atomic E-state index is 15.2. The van der Waals surface area contributed by atoms with Gasteiger partial charge in [0.2, 0.25) is 23.6 Å². The third kappa shape index (κ3) is 15.8. The van der Waals surface area contributed by atoms with E-state index >= 15 is 4.39 Å². The first-order valence-electron chi connectivity index (χ1n) is 19.4. The number of hydrogen-bond donors (Lipinski definition) is 5. The van der Waals surface area contributed by atoms with Gasteiger partial charge in [-0.1, -0.05) is 65.0 Å². The minimum atomic E-state index is -5.08. The number of benzene rings is 2. The highest BCUT2D eigenvalue weighted by Crippen LogP contribution is 2.41. The fourth-order valence-electron chi connectivity index (χ4n) is 6.31. The molecule has 0 radical (unpaired) electrons. The molecule has 1 aromatic heterocycles. The molecule has 7 N–H and O–H groups in total. The van der Waals surface area contributed by atoms with Crippen LogP contribution in [0.4, 0.5) is 22.0 Å². The highest BCUT2D eigenvalue weighted by molar-refractivity contribution is 8.00. The van der Waals surface area contributed by atoms with Gasteiger partial charge in [0, 0.05) is 55.3 Å². The van der Waals surface area contributed by atoms with Crippen molar-refractivity contribution in [3.8, 4) is 11.1 Å². The van der Waals surface area contributed by atoms with E-state index in [0.717, 1.165) is 35.5 Å². The Kier molecular flexibility index (Phi) is 19.6. The van der Waals surface area contributed by atoms with Crippen molar-refractivity contribution < 1.29 is 60.9 Å². The van der Waals surface area contributed by atoms with Gasteiger partial charge in [0.05, 0.1) is 17.8 Å². The fourth-order valence-corrected chi connectivity index (χ4v) is 7.23. The molecule has 0 aliphatic heterocycles. The zero-order chi connectivity index (χ0) is 47.3. The van der Waals surface area contributed by atoms with Gasteiger partial charge < -0.3 is 41.4 Å². The van der Waals surface area contributed by atoms with Gasteiger partial charge in [-0.2, -0.15) is 13.2 Å². The van der Waals surface area contributed by atoms with Crippen LogP contribution >= 0.6 is 11.8 Å². The average molecular weight is 899 g/mol. The Bertz CT molecular complexity index is 2030. The fraction of sp³-hybridized carbons (Fsp3) is 0.476. The number of halogens is 5. The van der Waals surface area contributed by atoms with Crippen LogP contribution in [0, 0.1) is 23.0 Å². The van der Waals surface area contributed by atoms with Gasteiger partial charge in [0.15, 0.2) is 0 Å². The number of carboxylic acid groups (broad SMARTS) is 2. The molecule has 1 heterocycles. The third-order valence-electron chi connectivity index (χ3n) is 9.49. The zero-order valence-corrected chi connectivity index (χ0v) is 36.4. The van der Waals surface area contributed by atoms with Crippen LogP contribution in [-0.2, 0) is 35.3 Å². The van der Waals surface area contributed by atoms with E-state index in [2.05, 4.69) is 5.32 Å². The van der Waals surface area contributed by atoms with E-state index in [4.69, 9.17) is 21.4 Å². The number of aliphatic carboxylic acids is 2. The second-order valence-electron chi connectivity index (χ2n) is 15.9. The van der Waals surface area contributed by atoms with Gasteiger partial charge in [-0.3, -0.25) is 19.2 Å². The lowest BCUT2D eigenvalue weighted by Gasteiger charge is -2.41. The number of hydrogen-bond acceptors (Lipinski definition) is 8. The molecule has 0 spiro atoms. The van der Waals surface area contributed by atoms with Crippen LogP contribution in [0.3, 0.4) is 0 Å². The Morgan fingerprint density at radius 2 is 1.48 bits per heavy atom. The molecule has 0 aliphatic rings. The molecule has 62 heavy (non-hydrogen) atoms. The van der Waals surface area contributed by atoms with Gasteiger partial charge >= 0.3 is 18.1 Å². The molecule has 0 bridgehead atoms. The number of amides is 4. The Labute approximate surface area is 361 Å². The molecule has 3 aromatic rings. The highest BCUT2D eigenvalue weighted by Gasteiger charge is 2.39. The van der Waals surface area contributed by atoms with Gasteiger partial charge in [-0.15, -0.1) is 11.8 Å². The molecule has 4 amide bonds. The Morgan fingerprint density at radius 1 is 0.903 bits per heavy atom. The predicted molar refractivity (Wildman–Crippen MR) is 223 cm³/mol. The van der Waals surface area contributed by atoms with Crippen LogP contribution < -0.4 is 16.8 Å². The topological polar surface area (TPSA) is 218 Å². The summed E-state index contributed by atoms with van der Waals surface area (Å²) in [6.45, 7) is 12.6. The summed E-state index contributed by atoms with van der Waals surface area (Å²) in [6, 6.07) is 10.7. The van der Waals surface area contributed by atoms with Gasteiger partial charge in [-0.25, -0.2) is 18.4 Å². The van der Waals surface area contributed by atoms with E-state index in [9.17, 15) is 46.6 Å². The summed E-state index contributed by atoms with van der Waals surface area (Å²) in [7, 11) is 0. The van der Waals surface area contributed by atoms with Crippen LogP contribution in [0.1, 0.15) is 72.2 Å². The summed E-state index contributed by atoms with van der Waals surface area (Å²) in [6.07, 6.45) is -3.16. The lowest BCUT2D eigenvalue weighted by molar-refractivity contribution is -0.192. The number of primary amides is 1. The Morgan fingerprint density at radius 3 is 1.98 bits per heavy atom. The summed E-state index contributed by atoms with van der Waals surface area (Å²) in [5.41, 5.74) is 13.1. The smallest absolute Gasteiger partial charge is 0.480 e. The SMILES string of the molecule is CC(=O)N[C@@H](CSCC(=O)N(CCCN(C(=O)[C@@H](N)C(C)C)[C@@H](C)C(N)=O)[C@@H](c1cc(-c2cc(F)ccc2F)cn1Cc1ccccc1)C(C)(C)C)C(=O)O.O=C(O)C(F)(F)F. The first kappa shape index (κ1) is 52.6. The molecule has 342 valence electrons. The molecular formula is C42H55F5N6O8S. The average Bonchev–Trinajstić information content (AvgIpc) is 3.57. The van der Waals surface area contributed by atoms with Crippen molar-refractivity contribution in [1.29, 1.82) is 0 Å². The molecule has 0 aliphatic carbocycles. The number of carbonyl (C=O) groups excluding carboxylic acids is 4. The maximum Gasteiger partial charge on any atom is 0.490 e. The highest BCUT2D eigenvalue weighted by atomic mass is 32.2. The summed E-state index contributed by atoms with van der Waals surface area (Å²) in [5.74, 6) is -7.80. The largest absolute Gasteiger partial charge is 0.490 e. The molecule has 0 saturated carbocycles. The summed E-state index contributed by atoms with van der Waals surface area (Å²) >= 11 is 1.04. The van der Waals surface area contributed by atoms with Crippen molar-refractivity contribution in [2.45, 2.75) is 91.8 Å². The number of rotatable bonds is 19. The second kappa shape index (κ2) is 23.1. The van der Waals surface area contributed by atoms with Crippen molar-refractivity contribution >= 4 is 47.3 Å².